The highest BCUT2D eigenvalue weighted by Gasteiger charge is 2.26. The summed E-state index contributed by atoms with van der Waals surface area (Å²) in [7, 11) is 0. The second kappa shape index (κ2) is 7.91. The number of ether oxygens (including phenoxy) is 1. The van der Waals surface area contributed by atoms with E-state index in [0.29, 0.717) is 21.9 Å². The summed E-state index contributed by atoms with van der Waals surface area (Å²) in [4.78, 5) is 23.9. The van der Waals surface area contributed by atoms with Gasteiger partial charge in [-0.2, -0.15) is 4.68 Å². The summed E-state index contributed by atoms with van der Waals surface area (Å²) in [6, 6.07) is 11.8. The Kier molecular flexibility index (Phi) is 5.32. The third kappa shape index (κ3) is 3.74. The maximum absolute atomic E-state index is 12.2. The lowest BCUT2D eigenvalue weighted by atomic mass is 9.95. The maximum atomic E-state index is 12.2. The lowest BCUT2D eigenvalue weighted by molar-refractivity contribution is -0.131. The second-order valence-electron chi connectivity index (χ2n) is 7.49. The van der Waals surface area contributed by atoms with Crippen LogP contribution >= 0.6 is 12.2 Å². The molecule has 3 aromatic rings. The van der Waals surface area contributed by atoms with Crippen molar-refractivity contribution in [2.24, 2.45) is 0 Å². The van der Waals surface area contributed by atoms with E-state index in [1.165, 1.54) is 25.0 Å². The van der Waals surface area contributed by atoms with Crippen molar-refractivity contribution in [3.8, 4) is 17.1 Å². The smallest absolute Gasteiger partial charge is 0.308 e. The first kappa shape index (κ1) is 19.5. The molecule has 2 aromatic carbocycles. The molecule has 0 saturated heterocycles. The van der Waals surface area contributed by atoms with Gasteiger partial charge in [0.2, 0.25) is 10.7 Å². The molecule has 1 aliphatic rings. The summed E-state index contributed by atoms with van der Waals surface area (Å²) < 4.78 is 9.18. The number of fused-ring (bicyclic) bond motifs is 1. The third-order valence-electron chi connectivity index (χ3n) is 5.39. The summed E-state index contributed by atoms with van der Waals surface area (Å²) in [5, 5.41) is 6.52. The molecule has 1 fully saturated rings. The van der Waals surface area contributed by atoms with Crippen LogP contribution in [-0.4, -0.2) is 26.2 Å². The molecule has 0 radical (unpaired) electrons. The molecule has 1 heterocycles. The molecule has 0 aliphatic heterocycles. The molecule has 0 N–H and O–H groups in total. The zero-order valence-electron chi connectivity index (χ0n) is 16.6. The number of carbonyl (C=O) groups is 2. The predicted octanol–water partition coefficient (Wildman–Crippen LogP) is 5.32. The number of rotatable bonds is 3. The number of esters is 1. The monoisotopic (exact) mass is 409 g/mol. The van der Waals surface area contributed by atoms with Crippen LogP contribution in [0, 0.1) is 4.77 Å². The van der Waals surface area contributed by atoms with E-state index in [-0.39, 0.29) is 11.9 Å². The van der Waals surface area contributed by atoms with Gasteiger partial charge in [0.25, 0.3) is 0 Å². The fourth-order valence-electron chi connectivity index (χ4n) is 4.07. The minimum atomic E-state index is -0.407. The molecule has 4 rings (SSSR count). The van der Waals surface area contributed by atoms with E-state index in [4.69, 9.17) is 17.0 Å². The van der Waals surface area contributed by atoms with Gasteiger partial charge in [0.05, 0.1) is 5.56 Å². The first-order valence-corrected chi connectivity index (χ1v) is 10.3. The van der Waals surface area contributed by atoms with Crippen molar-refractivity contribution >= 4 is 34.9 Å². The Hall–Kier alpha value is -2.80. The van der Waals surface area contributed by atoms with Gasteiger partial charge in [-0.3, -0.25) is 14.2 Å². The van der Waals surface area contributed by atoms with Gasteiger partial charge in [-0.15, -0.1) is 5.10 Å². The van der Waals surface area contributed by atoms with Crippen molar-refractivity contribution in [2.45, 2.75) is 52.0 Å². The van der Waals surface area contributed by atoms with Crippen molar-refractivity contribution in [2.75, 3.05) is 0 Å². The van der Waals surface area contributed by atoms with E-state index >= 15 is 0 Å². The normalized spacial score (nSPS) is 14.8. The van der Waals surface area contributed by atoms with E-state index < -0.39 is 5.97 Å². The standard InChI is InChI=1S/C22H23N3O3S/c1-14(26)25-22(29)24(18-10-4-3-5-11-18)21(23-25)19-12-16-8-6-7-9-17(16)13-20(19)28-15(2)27/h6-9,12-13,18H,3-5,10-11H2,1-2H3. The van der Waals surface area contributed by atoms with E-state index in [1.807, 2.05) is 41.0 Å². The lowest BCUT2D eigenvalue weighted by Gasteiger charge is -2.24. The van der Waals surface area contributed by atoms with Gasteiger partial charge in [-0.05, 0) is 48.0 Å². The minimum absolute atomic E-state index is 0.177. The highest BCUT2D eigenvalue weighted by Crippen LogP contribution is 2.38. The number of carbonyl (C=O) groups excluding carboxylic acids is 2. The average molecular weight is 410 g/mol. The number of hydrogen-bond acceptors (Lipinski definition) is 5. The Balaban J connectivity index is 1.99. The highest BCUT2D eigenvalue weighted by molar-refractivity contribution is 7.71. The van der Waals surface area contributed by atoms with Crippen molar-refractivity contribution < 1.29 is 14.3 Å². The second-order valence-corrected chi connectivity index (χ2v) is 7.85. The van der Waals surface area contributed by atoms with Crippen molar-refractivity contribution in [3.63, 3.8) is 0 Å². The molecule has 0 bridgehead atoms. The molecular weight excluding hydrogens is 386 g/mol. The molecule has 0 atom stereocenters. The van der Waals surface area contributed by atoms with Gasteiger partial charge in [0, 0.05) is 19.9 Å². The number of benzene rings is 2. The van der Waals surface area contributed by atoms with Gasteiger partial charge < -0.3 is 4.74 Å². The highest BCUT2D eigenvalue weighted by atomic mass is 32.1. The Labute approximate surface area is 174 Å². The molecule has 7 heteroatoms. The summed E-state index contributed by atoms with van der Waals surface area (Å²) in [6.45, 7) is 2.83. The van der Waals surface area contributed by atoms with Gasteiger partial charge in [-0.1, -0.05) is 43.5 Å². The molecule has 6 nitrogen and oxygen atoms in total. The largest absolute Gasteiger partial charge is 0.426 e. The summed E-state index contributed by atoms with van der Waals surface area (Å²) in [5.41, 5.74) is 0.663. The molecule has 1 aromatic heterocycles. The number of nitrogens with zero attached hydrogens (tertiary/aromatic N) is 3. The Bertz CT molecular complexity index is 1160. The summed E-state index contributed by atoms with van der Waals surface area (Å²) in [6.07, 6.45) is 5.41. The van der Waals surface area contributed by atoms with Crippen molar-refractivity contribution in [1.82, 2.24) is 14.3 Å². The Morgan fingerprint density at radius 1 is 1.07 bits per heavy atom. The Morgan fingerprint density at radius 2 is 1.72 bits per heavy atom. The molecule has 29 heavy (non-hydrogen) atoms. The van der Waals surface area contributed by atoms with Crippen molar-refractivity contribution in [3.05, 3.63) is 41.2 Å². The van der Waals surface area contributed by atoms with Crippen LogP contribution in [0.1, 0.15) is 56.8 Å². The zero-order chi connectivity index (χ0) is 20.5. The zero-order valence-corrected chi connectivity index (χ0v) is 17.4. The van der Waals surface area contributed by atoms with Crippen LogP contribution < -0.4 is 4.74 Å². The van der Waals surface area contributed by atoms with Gasteiger partial charge in [0.15, 0.2) is 5.82 Å². The first-order valence-electron chi connectivity index (χ1n) is 9.90. The SMILES string of the molecule is CC(=O)Oc1cc2ccccc2cc1-c1nn(C(C)=O)c(=S)n1C1CCCCC1. The fourth-order valence-corrected chi connectivity index (χ4v) is 4.47. The van der Waals surface area contributed by atoms with Gasteiger partial charge in [0.1, 0.15) is 5.75 Å². The fraction of sp³-hybridized carbons (Fsp3) is 0.364. The molecule has 1 aliphatic carbocycles. The van der Waals surface area contributed by atoms with E-state index in [1.54, 1.807) is 0 Å². The number of hydrogen-bond donors (Lipinski definition) is 0. The van der Waals surface area contributed by atoms with Crippen LogP contribution in [0.2, 0.25) is 0 Å². The van der Waals surface area contributed by atoms with Crippen LogP contribution in [0.15, 0.2) is 36.4 Å². The first-order chi connectivity index (χ1) is 14.0. The van der Waals surface area contributed by atoms with Crippen LogP contribution in [0.25, 0.3) is 22.2 Å². The quantitative estimate of drug-likeness (QED) is 0.332. The van der Waals surface area contributed by atoms with Crippen molar-refractivity contribution in [1.29, 1.82) is 0 Å². The van der Waals surface area contributed by atoms with E-state index in [2.05, 4.69) is 5.10 Å². The topological polar surface area (TPSA) is 66.1 Å². The number of aromatic nitrogens is 3. The average Bonchev–Trinajstić information content (AvgIpc) is 3.05. The minimum Gasteiger partial charge on any atom is -0.426 e. The van der Waals surface area contributed by atoms with Gasteiger partial charge in [-0.25, -0.2) is 0 Å². The molecule has 0 unspecified atom stereocenters. The van der Waals surface area contributed by atoms with E-state index in [0.717, 1.165) is 36.5 Å². The van der Waals surface area contributed by atoms with Crippen LogP contribution in [0.3, 0.4) is 0 Å². The molecule has 1 saturated carbocycles. The third-order valence-corrected chi connectivity index (χ3v) is 5.76. The summed E-state index contributed by atoms with van der Waals surface area (Å²) >= 11 is 5.63. The summed E-state index contributed by atoms with van der Waals surface area (Å²) in [5.74, 6) is 0.346. The van der Waals surface area contributed by atoms with Crippen LogP contribution in [0.5, 0.6) is 5.75 Å². The van der Waals surface area contributed by atoms with Gasteiger partial charge >= 0.3 is 5.97 Å². The predicted molar refractivity (Wildman–Crippen MR) is 114 cm³/mol. The van der Waals surface area contributed by atoms with E-state index in [9.17, 15) is 9.59 Å². The lowest BCUT2D eigenvalue weighted by Crippen LogP contribution is -2.15. The van der Waals surface area contributed by atoms with Crippen LogP contribution in [0.4, 0.5) is 0 Å². The molecule has 150 valence electrons. The maximum Gasteiger partial charge on any atom is 0.308 e. The molecule has 0 amide bonds. The Morgan fingerprint density at radius 3 is 2.34 bits per heavy atom. The van der Waals surface area contributed by atoms with Crippen LogP contribution in [-0.2, 0) is 4.79 Å². The molecule has 0 spiro atoms. The molecular formula is C22H23N3O3S.